The van der Waals surface area contributed by atoms with E-state index in [1.54, 1.807) is 0 Å². The maximum absolute atomic E-state index is 9.00. The lowest BCUT2D eigenvalue weighted by Gasteiger charge is -2.19. The van der Waals surface area contributed by atoms with Gasteiger partial charge in [0.25, 0.3) is 0 Å². The third kappa shape index (κ3) is 3.34. The number of aliphatic hydroxyl groups is 1. The molecule has 0 aliphatic carbocycles. The van der Waals surface area contributed by atoms with Gasteiger partial charge < -0.3 is 10.0 Å². The molecule has 0 aromatic heterocycles. The van der Waals surface area contributed by atoms with E-state index < -0.39 is 0 Å². The Kier molecular flexibility index (Phi) is 4.17. The molecule has 19 heavy (non-hydrogen) atoms. The third-order valence-corrected chi connectivity index (χ3v) is 3.06. The molecule has 0 aliphatic rings. The normalized spacial score (nSPS) is 9.95. The first kappa shape index (κ1) is 13.1. The van der Waals surface area contributed by atoms with Crippen molar-refractivity contribution in [3.05, 3.63) is 65.2 Å². The van der Waals surface area contributed by atoms with Crippen LogP contribution in [0.5, 0.6) is 0 Å². The third-order valence-electron chi connectivity index (χ3n) is 3.06. The molecule has 3 nitrogen and oxygen atoms in total. The van der Waals surface area contributed by atoms with Crippen LogP contribution in [0, 0.1) is 11.3 Å². The predicted molar refractivity (Wildman–Crippen MR) is 75.6 cm³/mol. The van der Waals surface area contributed by atoms with Gasteiger partial charge in [-0.2, -0.15) is 5.26 Å². The van der Waals surface area contributed by atoms with Crippen molar-refractivity contribution < 1.29 is 5.11 Å². The van der Waals surface area contributed by atoms with Crippen LogP contribution in [0.15, 0.2) is 48.5 Å². The number of hydrogen-bond acceptors (Lipinski definition) is 3. The average molecular weight is 252 g/mol. The Morgan fingerprint density at radius 3 is 2.11 bits per heavy atom. The molecular weight excluding hydrogens is 236 g/mol. The lowest BCUT2D eigenvalue weighted by Crippen LogP contribution is -2.16. The van der Waals surface area contributed by atoms with E-state index in [1.165, 1.54) is 5.56 Å². The summed E-state index contributed by atoms with van der Waals surface area (Å²) in [5, 5.41) is 17.8. The Bertz CT molecular complexity index is 567. The molecule has 1 N–H and O–H groups in total. The summed E-state index contributed by atoms with van der Waals surface area (Å²) in [6.07, 6.45) is 0. The Hall–Kier alpha value is -2.31. The number of nitriles is 1. The molecule has 3 heteroatoms. The van der Waals surface area contributed by atoms with Crippen molar-refractivity contribution in [2.75, 3.05) is 11.9 Å². The molecule has 0 aliphatic heterocycles. The molecule has 0 bridgehead atoms. The second-order valence-corrected chi connectivity index (χ2v) is 4.49. The van der Waals surface area contributed by atoms with Crippen LogP contribution in [0.3, 0.4) is 0 Å². The molecular formula is C16H16N2O. The van der Waals surface area contributed by atoms with Gasteiger partial charge in [-0.1, -0.05) is 24.3 Å². The zero-order chi connectivity index (χ0) is 13.7. The SMILES string of the molecule is CN(Cc1ccc(CO)cc1)c1ccc(C#N)cc1. The van der Waals surface area contributed by atoms with Crippen LogP contribution < -0.4 is 4.90 Å². The minimum absolute atomic E-state index is 0.0751. The second kappa shape index (κ2) is 6.03. The van der Waals surface area contributed by atoms with Crippen LogP contribution in [0.2, 0.25) is 0 Å². The molecule has 0 fully saturated rings. The summed E-state index contributed by atoms with van der Waals surface area (Å²) in [6, 6.07) is 17.5. The molecule has 0 heterocycles. The van der Waals surface area contributed by atoms with Gasteiger partial charge in [0, 0.05) is 19.3 Å². The minimum atomic E-state index is 0.0751. The van der Waals surface area contributed by atoms with Gasteiger partial charge in [0.05, 0.1) is 18.2 Å². The molecule has 0 saturated carbocycles. The lowest BCUT2D eigenvalue weighted by molar-refractivity contribution is 0.282. The molecule has 2 rings (SSSR count). The average Bonchev–Trinajstić information content (AvgIpc) is 2.48. The highest BCUT2D eigenvalue weighted by atomic mass is 16.3. The Morgan fingerprint density at radius 1 is 1.00 bits per heavy atom. The fraction of sp³-hybridized carbons (Fsp3) is 0.188. The zero-order valence-electron chi connectivity index (χ0n) is 10.9. The maximum Gasteiger partial charge on any atom is 0.0991 e. The summed E-state index contributed by atoms with van der Waals surface area (Å²) in [5.74, 6) is 0. The van der Waals surface area contributed by atoms with Crippen LogP contribution in [-0.4, -0.2) is 12.2 Å². The summed E-state index contributed by atoms with van der Waals surface area (Å²) in [4.78, 5) is 2.12. The van der Waals surface area contributed by atoms with E-state index in [1.807, 2.05) is 55.6 Å². The molecule has 96 valence electrons. The van der Waals surface area contributed by atoms with Crippen LogP contribution in [0.1, 0.15) is 16.7 Å². The van der Waals surface area contributed by atoms with E-state index >= 15 is 0 Å². The highest BCUT2D eigenvalue weighted by Crippen LogP contribution is 2.16. The summed E-state index contributed by atoms with van der Waals surface area (Å²) >= 11 is 0. The van der Waals surface area contributed by atoms with Crippen LogP contribution in [0.4, 0.5) is 5.69 Å². The van der Waals surface area contributed by atoms with E-state index in [-0.39, 0.29) is 6.61 Å². The van der Waals surface area contributed by atoms with Crippen LogP contribution >= 0.6 is 0 Å². The van der Waals surface area contributed by atoms with E-state index in [9.17, 15) is 0 Å². The minimum Gasteiger partial charge on any atom is -0.392 e. The Morgan fingerprint density at radius 2 is 1.58 bits per heavy atom. The van der Waals surface area contributed by atoms with E-state index in [0.29, 0.717) is 5.56 Å². The van der Waals surface area contributed by atoms with Gasteiger partial charge in [-0.3, -0.25) is 0 Å². The molecule has 0 spiro atoms. The van der Waals surface area contributed by atoms with Gasteiger partial charge in [0.2, 0.25) is 0 Å². The van der Waals surface area contributed by atoms with Crippen molar-refractivity contribution in [1.29, 1.82) is 5.26 Å². The topological polar surface area (TPSA) is 47.3 Å². The second-order valence-electron chi connectivity index (χ2n) is 4.49. The number of benzene rings is 2. The van der Waals surface area contributed by atoms with Crippen LogP contribution in [0.25, 0.3) is 0 Å². The van der Waals surface area contributed by atoms with E-state index in [4.69, 9.17) is 10.4 Å². The molecule has 0 amide bonds. The van der Waals surface area contributed by atoms with Crippen molar-refractivity contribution in [3.8, 4) is 6.07 Å². The first-order valence-corrected chi connectivity index (χ1v) is 6.13. The number of hydrogen-bond donors (Lipinski definition) is 1. The van der Waals surface area contributed by atoms with E-state index in [0.717, 1.165) is 17.8 Å². The van der Waals surface area contributed by atoms with Crippen LogP contribution in [-0.2, 0) is 13.2 Å². The lowest BCUT2D eigenvalue weighted by atomic mass is 10.1. The zero-order valence-corrected chi connectivity index (χ0v) is 10.9. The molecule has 0 radical (unpaired) electrons. The summed E-state index contributed by atoms with van der Waals surface area (Å²) in [6.45, 7) is 0.864. The van der Waals surface area contributed by atoms with Crippen molar-refractivity contribution in [2.24, 2.45) is 0 Å². The molecule has 2 aromatic rings. The Labute approximate surface area is 113 Å². The molecule has 2 aromatic carbocycles. The van der Waals surface area contributed by atoms with Gasteiger partial charge in [0.15, 0.2) is 0 Å². The van der Waals surface area contributed by atoms with E-state index in [2.05, 4.69) is 11.0 Å². The molecule has 0 saturated heterocycles. The Balaban J connectivity index is 2.06. The van der Waals surface area contributed by atoms with Crippen molar-refractivity contribution in [1.82, 2.24) is 0 Å². The molecule has 0 atom stereocenters. The highest BCUT2D eigenvalue weighted by molar-refractivity contribution is 5.49. The van der Waals surface area contributed by atoms with Crippen molar-refractivity contribution in [2.45, 2.75) is 13.2 Å². The van der Waals surface area contributed by atoms with Gasteiger partial charge in [-0.15, -0.1) is 0 Å². The van der Waals surface area contributed by atoms with Crippen molar-refractivity contribution >= 4 is 5.69 Å². The largest absolute Gasteiger partial charge is 0.392 e. The van der Waals surface area contributed by atoms with Gasteiger partial charge in [0.1, 0.15) is 0 Å². The van der Waals surface area contributed by atoms with Gasteiger partial charge in [-0.25, -0.2) is 0 Å². The van der Waals surface area contributed by atoms with Gasteiger partial charge >= 0.3 is 0 Å². The first-order chi connectivity index (χ1) is 9.22. The summed E-state index contributed by atoms with van der Waals surface area (Å²) in [5.41, 5.74) is 3.85. The molecule has 0 unspecified atom stereocenters. The monoisotopic (exact) mass is 252 g/mol. The standard InChI is InChI=1S/C16H16N2O/c1-18(16-8-6-13(10-17)7-9-16)11-14-2-4-15(12-19)5-3-14/h2-9,19H,11-12H2,1H3. The number of aliphatic hydroxyl groups excluding tert-OH is 1. The van der Waals surface area contributed by atoms with Crippen molar-refractivity contribution in [3.63, 3.8) is 0 Å². The maximum atomic E-state index is 9.00. The predicted octanol–water partition coefficient (Wildman–Crippen LogP) is 2.69. The van der Waals surface area contributed by atoms with Gasteiger partial charge in [-0.05, 0) is 35.4 Å². The number of nitrogens with zero attached hydrogens (tertiary/aromatic N) is 2. The number of rotatable bonds is 4. The quantitative estimate of drug-likeness (QED) is 0.910. The highest BCUT2D eigenvalue weighted by Gasteiger charge is 2.02. The first-order valence-electron chi connectivity index (χ1n) is 6.13. The summed E-state index contributed by atoms with van der Waals surface area (Å²) < 4.78 is 0. The smallest absolute Gasteiger partial charge is 0.0991 e. The summed E-state index contributed by atoms with van der Waals surface area (Å²) in [7, 11) is 2.02. The number of anilines is 1. The fourth-order valence-electron chi connectivity index (χ4n) is 1.91. The fourth-order valence-corrected chi connectivity index (χ4v) is 1.91.